The van der Waals surface area contributed by atoms with Crippen LogP contribution in [0.15, 0.2) is 49.0 Å². The second-order valence-electron chi connectivity index (χ2n) is 9.06. The molecule has 4 fully saturated rings. The molecule has 0 heterocycles. The number of aromatic hydroxyl groups is 1. The Morgan fingerprint density at radius 1 is 1.04 bits per heavy atom. The van der Waals surface area contributed by atoms with Gasteiger partial charge in [-0.05, 0) is 79.4 Å². The van der Waals surface area contributed by atoms with E-state index in [1.54, 1.807) is 24.3 Å². The van der Waals surface area contributed by atoms with Crippen molar-refractivity contribution in [2.24, 2.45) is 17.8 Å². The quantitative estimate of drug-likeness (QED) is 0.550. The van der Waals surface area contributed by atoms with Gasteiger partial charge in [0.05, 0.1) is 5.56 Å². The molecule has 28 heavy (non-hydrogen) atoms. The maximum atomic E-state index is 12.6. The number of carbonyl (C=O) groups is 1. The molecule has 3 nitrogen and oxygen atoms in total. The molecule has 0 atom stereocenters. The van der Waals surface area contributed by atoms with Crippen LogP contribution >= 0.6 is 0 Å². The van der Waals surface area contributed by atoms with Gasteiger partial charge in [-0.2, -0.15) is 0 Å². The van der Waals surface area contributed by atoms with Gasteiger partial charge in [0.15, 0.2) is 0 Å². The van der Waals surface area contributed by atoms with Crippen molar-refractivity contribution in [3.05, 3.63) is 65.7 Å². The normalized spacial score (nSPS) is 30.2. The summed E-state index contributed by atoms with van der Waals surface area (Å²) in [5.41, 5.74) is 2.39. The first-order chi connectivity index (χ1) is 13.6. The number of hydrogen-bond acceptors (Lipinski definition) is 3. The van der Waals surface area contributed by atoms with E-state index in [0.717, 1.165) is 28.9 Å². The first kappa shape index (κ1) is 17.5. The fourth-order valence-electron chi connectivity index (χ4n) is 6.49. The van der Waals surface area contributed by atoms with Crippen molar-refractivity contribution in [2.45, 2.75) is 43.9 Å². The summed E-state index contributed by atoms with van der Waals surface area (Å²) in [6, 6.07) is 12.7. The van der Waals surface area contributed by atoms with Gasteiger partial charge >= 0.3 is 5.97 Å². The summed E-state index contributed by atoms with van der Waals surface area (Å²) in [5.74, 6) is 2.67. The van der Waals surface area contributed by atoms with Gasteiger partial charge in [-0.3, -0.25) is 0 Å². The van der Waals surface area contributed by atoms with Crippen LogP contribution in [-0.4, -0.2) is 11.1 Å². The number of ether oxygens (including phenoxy) is 1. The van der Waals surface area contributed by atoms with E-state index in [1.165, 1.54) is 38.5 Å². The van der Waals surface area contributed by atoms with E-state index in [-0.39, 0.29) is 11.2 Å². The Kier molecular flexibility index (Phi) is 4.08. The zero-order valence-corrected chi connectivity index (χ0v) is 16.1. The average Bonchev–Trinajstić information content (AvgIpc) is 2.66. The molecule has 4 aliphatic rings. The number of carbonyl (C=O) groups excluding carboxylic acids is 1. The lowest BCUT2D eigenvalue weighted by molar-refractivity contribution is -0.00614. The van der Waals surface area contributed by atoms with Gasteiger partial charge in [-0.15, -0.1) is 0 Å². The maximum absolute atomic E-state index is 12.6. The van der Waals surface area contributed by atoms with E-state index in [4.69, 9.17) is 4.74 Å². The van der Waals surface area contributed by atoms with Crippen LogP contribution in [0.2, 0.25) is 0 Å². The van der Waals surface area contributed by atoms with Gasteiger partial charge < -0.3 is 9.84 Å². The Morgan fingerprint density at radius 2 is 1.68 bits per heavy atom. The first-order valence-corrected chi connectivity index (χ1v) is 10.3. The highest BCUT2D eigenvalue weighted by Gasteiger charge is 2.52. The fourth-order valence-corrected chi connectivity index (χ4v) is 6.49. The minimum absolute atomic E-state index is 0.122. The van der Waals surface area contributed by atoms with Gasteiger partial charge in [0, 0.05) is 11.6 Å². The predicted molar refractivity (Wildman–Crippen MR) is 109 cm³/mol. The Labute approximate surface area is 166 Å². The molecule has 0 aromatic heterocycles. The SMILES string of the molecule is C=Cc1ccccc1C(=O)Oc1ccc(C23CC4CC(CC(C4)C2)C3)c(O)c1. The monoisotopic (exact) mass is 374 g/mol. The van der Waals surface area contributed by atoms with Crippen molar-refractivity contribution in [1.82, 2.24) is 0 Å². The highest BCUT2D eigenvalue weighted by Crippen LogP contribution is 2.61. The smallest absolute Gasteiger partial charge is 0.344 e. The Hall–Kier alpha value is -2.55. The second kappa shape index (κ2) is 6.51. The van der Waals surface area contributed by atoms with Crippen LogP contribution in [0.25, 0.3) is 6.08 Å². The third kappa shape index (κ3) is 2.85. The van der Waals surface area contributed by atoms with Crippen molar-refractivity contribution in [2.75, 3.05) is 0 Å². The van der Waals surface area contributed by atoms with Crippen molar-refractivity contribution in [1.29, 1.82) is 0 Å². The topological polar surface area (TPSA) is 46.5 Å². The predicted octanol–water partition coefficient (Wildman–Crippen LogP) is 5.72. The number of esters is 1. The van der Waals surface area contributed by atoms with Crippen molar-refractivity contribution in [3.8, 4) is 11.5 Å². The lowest BCUT2D eigenvalue weighted by atomic mass is 9.48. The lowest BCUT2D eigenvalue weighted by Crippen LogP contribution is -2.48. The maximum Gasteiger partial charge on any atom is 0.344 e. The molecule has 0 radical (unpaired) electrons. The standard InChI is InChI=1S/C25H26O3/c1-2-19-5-3-4-6-21(19)24(27)28-20-7-8-22(23(26)12-20)25-13-16-9-17(14-25)11-18(10-16)15-25/h2-8,12,16-18,26H,1,9-11,13-15H2. The summed E-state index contributed by atoms with van der Waals surface area (Å²) in [6.45, 7) is 3.75. The minimum atomic E-state index is -0.433. The van der Waals surface area contributed by atoms with Crippen molar-refractivity contribution < 1.29 is 14.6 Å². The van der Waals surface area contributed by atoms with Crippen LogP contribution in [-0.2, 0) is 5.41 Å². The molecule has 0 aliphatic heterocycles. The van der Waals surface area contributed by atoms with Crippen LogP contribution in [0.1, 0.15) is 60.0 Å². The summed E-state index contributed by atoms with van der Waals surface area (Å²) in [6.07, 6.45) is 9.34. The molecule has 4 saturated carbocycles. The molecule has 0 unspecified atom stereocenters. The molecule has 0 amide bonds. The van der Waals surface area contributed by atoms with E-state index in [9.17, 15) is 9.90 Å². The van der Waals surface area contributed by atoms with Crippen LogP contribution in [0.3, 0.4) is 0 Å². The van der Waals surface area contributed by atoms with E-state index < -0.39 is 5.97 Å². The summed E-state index contributed by atoms with van der Waals surface area (Å²) >= 11 is 0. The molecule has 144 valence electrons. The molecule has 0 saturated heterocycles. The van der Waals surface area contributed by atoms with Gasteiger partial charge in [0.1, 0.15) is 11.5 Å². The Morgan fingerprint density at radius 3 is 2.29 bits per heavy atom. The van der Waals surface area contributed by atoms with E-state index in [0.29, 0.717) is 11.3 Å². The van der Waals surface area contributed by atoms with Gasteiger partial charge in [-0.25, -0.2) is 4.79 Å². The average molecular weight is 374 g/mol. The number of benzene rings is 2. The highest BCUT2D eigenvalue weighted by molar-refractivity contribution is 5.94. The van der Waals surface area contributed by atoms with E-state index in [2.05, 4.69) is 6.58 Å². The molecule has 2 aromatic carbocycles. The molecule has 0 spiro atoms. The molecular weight excluding hydrogens is 348 g/mol. The highest BCUT2D eigenvalue weighted by atomic mass is 16.5. The minimum Gasteiger partial charge on any atom is -0.508 e. The largest absolute Gasteiger partial charge is 0.508 e. The zero-order valence-electron chi connectivity index (χ0n) is 16.1. The van der Waals surface area contributed by atoms with Gasteiger partial charge in [0.25, 0.3) is 0 Å². The van der Waals surface area contributed by atoms with Gasteiger partial charge in [-0.1, -0.05) is 36.9 Å². The molecule has 2 aromatic rings. The number of phenolic OH excluding ortho intramolecular Hbond substituents is 1. The number of phenols is 1. The second-order valence-corrected chi connectivity index (χ2v) is 9.06. The van der Waals surface area contributed by atoms with Crippen LogP contribution in [0, 0.1) is 17.8 Å². The Bertz CT molecular complexity index is 907. The molecule has 4 bridgehead atoms. The summed E-state index contributed by atoms with van der Waals surface area (Å²) in [4.78, 5) is 12.6. The zero-order chi connectivity index (χ0) is 19.3. The van der Waals surface area contributed by atoms with Crippen LogP contribution < -0.4 is 4.74 Å². The van der Waals surface area contributed by atoms with Crippen molar-refractivity contribution in [3.63, 3.8) is 0 Å². The third-order valence-electron chi connectivity index (χ3n) is 7.19. The number of rotatable bonds is 4. The summed E-state index contributed by atoms with van der Waals surface area (Å²) < 4.78 is 5.55. The van der Waals surface area contributed by atoms with E-state index in [1.807, 2.05) is 24.3 Å². The molecule has 6 rings (SSSR count). The molecule has 3 heteroatoms. The number of hydrogen-bond donors (Lipinski definition) is 1. The van der Waals surface area contributed by atoms with E-state index >= 15 is 0 Å². The Balaban J connectivity index is 1.40. The lowest BCUT2D eigenvalue weighted by Gasteiger charge is -2.57. The van der Waals surface area contributed by atoms with Crippen molar-refractivity contribution >= 4 is 12.0 Å². The molecular formula is C25H26O3. The van der Waals surface area contributed by atoms with Crippen LogP contribution in [0.4, 0.5) is 0 Å². The molecule has 1 N–H and O–H groups in total. The molecule has 4 aliphatic carbocycles. The third-order valence-corrected chi connectivity index (χ3v) is 7.19. The van der Waals surface area contributed by atoms with Crippen LogP contribution in [0.5, 0.6) is 11.5 Å². The van der Waals surface area contributed by atoms with Gasteiger partial charge in [0.2, 0.25) is 0 Å². The first-order valence-electron chi connectivity index (χ1n) is 10.3. The summed E-state index contributed by atoms with van der Waals surface area (Å²) in [5, 5.41) is 10.8. The summed E-state index contributed by atoms with van der Waals surface area (Å²) in [7, 11) is 0. The fraction of sp³-hybridized carbons (Fsp3) is 0.400.